The standard InChI is InChI=1S/C20H26N4O/c1-14-3-4-15-10-18(21-12-16(15)9-14)22-19(23-25)11-20(2)13-24-7-5-17(20)6-8-24/h3-4,9-10,12,17,25H,5-8,11,13H2,1-2H3,(H,21,22,23)/t20-/m1/s1. The van der Waals surface area contributed by atoms with Gasteiger partial charge in [-0.1, -0.05) is 24.6 Å². The summed E-state index contributed by atoms with van der Waals surface area (Å²) < 4.78 is 0. The lowest BCUT2D eigenvalue weighted by molar-refractivity contribution is -0.0135. The number of benzene rings is 1. The van der Waals surface area contributed by atoms with E-state index in [0.29, 0.717) is 17.6 Å². The fourth-order valence-electron chi connectivity index (χ4n) is 4.56. The Morgan fingerprint density at radius 3 is 2.80 bits per heavy atom. The summed E-state index contributed by atoms with van der Waals surface area (Å²) >= 11 is 0. The molecule has 5 rings (SSSR count). The number of aryl methyl sites for hydroxylation is 1. The molecule has 0 amide bonds. The van der Waals surface area contributed by atoms with Gasteiger partial charge in [0.2, 0.25) is 0 Å². The zero-order valence-electron chi connectivity index (χ0n) is 15.0. The highest BCUT2D eigenvalue weighted by Gasteiger charge is 2.43. The fraction of sp³-hybridized carbons (Fsp3) is 0.500. The number of nitrogens with one attached hydrogen (secondary N) is 1. The van der Waals surface area contributed by atoms with E-state index in [1.807, 2.05) is 12.3 Å². The third-order valence-corrected chi connectivity index (χ3v) is 5.97. The molecule has 2 N–H and O–H groups in total. The molecule has 5 nitrogen and oxygen atoms in total. The number of piperidine rings is 3. The largest absolute Gasteiger partial charge is 0.303 e. The van der Waals surface area contributed by atoms with Gasteiger partial charge >= 0.3 is 0 Å². The van der Waals surface area contributed by atoms with Crippen LogP contribution in [0.3, 0.4) is 0 Å². The minimum absolute atomic E-state index is 0.166. The van der Waals surface area contributed by atoms with Crippen molar-refractivity contribution in [3.05, 3.63) is 36.0 Å². The van der Waals surface area contributed by atoms with Crippen LogP contribution in [0.2, 0.25) is 0 Å². The average molecular weight is 338 g/mol. The monoisotopic (exact) mass is 338 g/mol. The normalized spacial score (nSPS) is 29.2. The number of pyridine rings is 1. The Labute approximate surface area is 148 Å². The molecule has 25 heavy (non-hydrogen) atoms. The average Bonchev–Trinajstić information content (AvgIpc) is 2.62. The van der Waals surface area contributed by atoms with Crippen LogP contribution in [0, 0.1) is 18.3 Å². The van der Waals surface area contributed by atoms with Gasteiger partial charge in [-0.25, -0.2) is 9.98 Å². The van der Waals surface area contributed by atoms with Crippen molar-refractivity contribution in [2.45, 2.75) is 33.1 Å². The van der Waals surface area contributed by atoms with Crippen LogP contribution in [-0.4, -0.2) is 40.6 Å². The van der Waals surface area contributed by atoms with Crippen molar-refractivity contribution in [1.29, 1.82) is 0 Å². The maximum Gasteiger partial charge on any atom is 0.154 e. The molecule has 0 radical (unpaired) electrons. The second-order valence-electron chi connectivity index (χ2n) is 7.94. The molecular weight excluding hydrogens is 312 g/mol. The summed E-state index contributed by atoms with van der Waals surface area (Å²) in [4.78, 5) is 11.6. The summed E-state index contributed by atoms with van der Waals surface area (Å²) in [5.74, 6) is 1.96. The first-order chi connectivity index (χ1) is 12.1. The van der Waals surface area contributed by atoms with E-state index in [1.165, 1.54) is 31.5 Å². The first-order valence-corrected chi connectivity index (χ1v) is 9.12. The van der Waals surface area contributed by atoms with Crippen LogP contribution < -0.4 is 5.48 Å². The summed E-state index contributed by atoms with van der Waals surface area (Å²) in [5.41, 5.74) is 3.72. The number of amidine groups is 1. The summed E-state index contributed by atoms with van der Waals surface area (Å²) in [6.45, 7) is 7.92. The zero-order valence-corrected chi connectivity index (χ0v) is 15.0. The van der Waals surface area contributed by atoms with Crippen molar-refractivity contribution in [3.8, 4) is 0 Å². The van der Waals surface area contributed by atoms with Crippen LogP contribution in [0.5, 0.6) is 0 Å². The Kier molecular flexibility index (Phi) is 4.21. The Morgan fingerprint density at radius 2 is 2.12 bits per heavy atom. The highest BCUT2D eigenvalue weighted by Crippen LogP contribution is 2.44. The molecule has 1 atom stereocenters. The molecule has 1 aromatic heterocycles. The lowest BCUT2D eigenvalue weighted by atomic mass is 9.66. The third-order valence-electron chi connectivity index (χ3n) is 5.97. The quantitative estimate of drug-likeness (QED) is 0.509. The van der Waals surface area contributed by atoms with Crippen LogP contribution in [-0.2, 0) is 0 Å². The molecule has 1 aromatic carbocycles. The fourth-order valence-corrected chi connectivity index (χ4v) is 4.56. The van der Waals surface area contributed by atoms with Gasteiger partial charge in [0.1, 0.15) is 5.84 Å². The number of fused-ring (bicyclic) bond motifs is 4. The topological polar surface area (TPSA) is 60.8 Å². The van der Waals surface area contributed by atoms with E-state index >= 15 is 0 Å². The van der Waals surface area contributed by atoms with E-state index < -0.39 is 0 Å². The van der Waals surface area contributed by atoms with Gasteiger partial charge in [0, 0.05) is 24.5 Å². The second-order valence-corrected chi connectivity index (χ2v) is 7.94. The molecule has 2 bridgehead atoms. The van der Waals surface area contributed by atoms with Gasteiger partial charge in [-0.3, -0.25) is 10.7 Å². The molecule has 0 aliphatic carbocycles. The summed E-state index contributed by atoms with van der Waals surface area (Å²) in [6, 6.07) is 8.28. The molecule has 5 heteroatoms. The summed E-state index contributed by atoms with van der Waals surface area (Å²) in [6.07, 6.45) is 5.11. The molecule has 3 fully saturated rings. The van der Waals surface area contributed by atoms with E-state index in [9.17, 15) is 5.21 Å². The molecule has 4 heterocycles. The van der Waals surface area contributed by atoms with Crippen LogP contribution in [0.1, 0.15) is 31.7 Å². The number of rotatable bonds is 3. The molecule has 132 valence electrons. The van der Waals surface area contributed by atoms with Crippen molar-refractivity contribution in [1.82, 2.24) is 15.4 Å². The molecule has 3 aliphatic heterocycles. The third kappa shape index (κ3) is 3.26. The predicted molar refractivity (Wildman–Crippen MR) is 100 cm³/mol. The molecule has 3 aliphatic rings. The maximum absolute atomic E-state index is 9.63. The van der Waals surface area contributed by atoms with Crippen molar-refractivity contribution in [3.63, 3.8) is 0 Å². The van der Waals surface area contributed by atoms with E-state index in [-0.39, 0.29) is 5.41 Å². The van der Waals surface area contributed by atoms with Gasteiger partial charge in [-0.05, 0) is 61.7 Å². The molecule has 2 aromatic rings. The first kappa shape index (κ1) is 16.5. The van der Waals surface area contributed by atoms with E-state index in [2.05, 4.69) is 52.4 Å². The smallest absolute Gasteiger partial charge is 0.154 e. The molecule has 0 unspecified atom stereocenters. The van der Waals surface area contributed by atoms with Crippen LogP contribution in [0.4, 0.5) is 5.82 Å². The SMILES string of the molecule is Cc1ccc2cc(N=C(C[C@]3(C)CN4CCC3CC4)NO)ncc2c1. The summed E-state index contributed by atoms with van der Waals surface area (Å²) in [7, 11) is 0. The van der Waals surface area contributed by atoms with Gasteiger partial charge < -0.3 is 4.90 Å². The van der Waals surface area contributed by atoms with Crippen molar-refractivity contribution in [2.75, 3.05) is 19.6 Å². The van der Waals surface area contributed by atoms with Gasteiger partial charge in [0.05, 0.1) is 0 Å². The highest BCUT2D eigenvalue weighted by atomic mass is 16.5. The van der Waals surface area contributed by atoms with Crippen LogP contribution >= 0.6 is 0 Å². The van der Waals surface area contributed by atoms with Crippen molar-refractivity contribution < 1.29 is 5.21 Å². The van der Waals surface area contributed by atoms with Gasteiger partial charge in [-0.2, -0.15) is 0 Å². The van der Waals surface area contributed by atoms with E-state index in [1.54, 1.807) is 0 Å². The number of nitrogens with zero attached hydrogens (tertiary/aromatic N) is 3. The molecular formula is C20H26N4O. The number of hydrogen-bond donors (Lipinski definition) is 2. The summed E-state index contributed by atoms with van der Waals surface area (Å²) in [5, 5.41) is 11.9. The zero-order chi connectivity index (χ0) is 17.4. The molecule has 3 saturated heterocycles. The molecule has 0 spiro atoms. The minimum Gasteiger partial charge on any atom is -0.303 e. The number of hydroxylamine groups is 1. The lowest BCUT2D eigenvalue weighted by Gasteiger charge is -2.51. The minimum atomic E-state index is 0.166. The number of hydrogen-bond acceptors (Lipinski definition) is 4. The van der Waals surface area contributed by atoms with E-state index in [0.717, 1.165) is 23.7 Å². The Hall–Kier alpha value is -1.98. The van der Waals surface area contributed by atoms with Gasteiger partial charge in [0.25, 0.3) is 0 Å². The first-order valence-electron chi connectivity index (χ1n) is 9.12. The maximum atomic E-state index is 9.63. The Morgan fingerprint density at radius 1 is 1.32 bits per heavy atom. The Balaban J connectivity index is 1.59. The van der Waals surface area contributed by atoms with Gasteiger partial charge in [0.15, 0.2) is 5.82 Å². The van der Waals surface area contributed by atoms with Crippen molar-refractivity contribution >= 4 is 22.4 Å². The van der Waals surface area contributed by atoms with Gasteiger partial charge in [-0.15, -0.1) is 0 Å². The molecule has 0 saturated carbocycles. The van der Waals surface area contributed by atoms with Crippen LogP contribution in [0.25, 0.3) is 10.8 Å². The number of aromatic nitrogens is 1. The van der Waals surface area contributed by atoms with Crippen LogP contribution in [0.15, 0.2) is 35.5 Å². The lowest BCUT2D eigenvalue weighted by Crippen LogP contribution is -2.54. The Bertz CT molecular complexity index is 810. The highest BCUT2D eigenvalue weighted by molar-refractivity contribution is 5.87. The van der Waals surface area contributed by atoms with E-state index in [4.69, 9.17) is 0 Å². The predicted octanol–water partition coefficient (Wildman–Crippen LogP) is 3.67. The van der Waals surface area contributed by atoms with Crippen molar-refractivity contribution in [2.24, 2.45) is 16.3 Å². The second kappa shape index (κ2) is 6.39. The number of aliphatic imine (C=N–C) groups is 1.